The van der Waals surface area contributed by atoms with Gasteiger partial charge in [0, 0.05) is 43.6 Å². The maximum Gasteiger partial charge on any atom is 0.308 e. The highest BCUT2D eigenvalue weighted by molar-refractivity contribution is 5.96. The van der Waals surface area contributed by atoms with Crippen molar-refractivity contribution in [3.8, 4) is 5.69 Å². The predicted molar refractivity (Wildman–Crippen MR) is 190 cm³/mol. The highest BCUT2D eigenvalue weighted by Gasteiger charge is 2.34. The van der Waals surface area contributed by atoms with Crippen LogP contribution in [0.15, 0.2) is 85.1 Å². The molecule has 2 saturated heterocycles. The monoisotopic (exact) mass is 679 g/mol. The van der Waals surface area contributed by atoms with Gasteiger partial charge in [0.15, 0.2) is 0 Å². The average molecular weight is 680 g/mol. The van der Waals surface area contributed by atoms with Gasteiger partial charge < -0.3 is 15.0 Å². The topological polar surface area (TPSA) is 96.8 Å². The maximum absolute atomic E-state index is 14.1. The molecular formula is C40H46FN5O4. The van der Waals surface area contributed by atoms with Crippen LogP contribution in [0.1, 0.15) is 95.8 Å². The Morgan fingerprint density at radius 3 is 2.24 bits per heavy atom. The first-order valence-corrected chi connectivity index (χ1v) is 17.5. The van der Waals surface area contributed by atoms with Gasteiger partial charge in [0.2, 0.25) is 0 Å². The van der Waals surface area contributed by atoms with Crippen LogP contribution in [0.5, 0.6) is 0 Å². The van der Waals surface area contributed by atoms with E-state index >= 15 is 0 Å². The minimum absolute atomic E-state index is 0.00295. The second-order valence-electron chi connectivity index (χ2n) is 14.3. The number of hydrogen-bond donors (Lipinski definition) is 1. The van der Waals surface area contributed by atoms with Crippen molar-refractivity contribution < 1.29 is 23.5 Å². The van der Waals surface area contributed by atoms with Crippen LogP contribution in [0.2, 0.25) is 0 Å². The van der Waals surface area contributed by atoms with Crippen molar-refractivity contribution in [2.24, 2.45) is 0 Å². The van der Waals surface area contributed by atoms with Crippen molar-refractivity contribution in [1.82, 2.24) is 24.9 Å². The number of carbonyl (C=O) groups excluding carboxylic acids is 3. The fraction of sp³-hybridized carbons (Fsp3) is 0.400. The Bertz CT molecular complexity index is 1780. The van der Waals surface area contributed by atoms with E-state index in [0.717, 1.165) is 55.8 Å². The molecule has 0 spiro atoms. The predicted octanol–water partition coefficient (Wildman–Crippen LogP) is 6.48. The quantitative estimate of drug-likeness (QED) is 0.193. The molecule has 262 valence electrons. The van der Waals surface area contributed by atoms with Gasteiger partial charge in [0.25, 0.3) is 11.8 Å². The average Bonchev–Trinajstić information content (AvgIpc) is 3.78. The fourth-order valence-corrected chi connectivity index (χ4v) is 6.97. The summed E-state index contributed by atoms with van der Waals surface area (Å²) >= 11 is 0. The maximum atomic E-state index is 14.1. The molecule has 0 bridgehead atoms. The number of amides is 2. The van der Waals surface area contributed by atoms with Crippen LogP contribution in [-0.4, -0.2) is 75.7 Å². The first-order chi connectivity index (χ1) is 24.0. The lowest BCUT2D eigenvalue weighted by Crippen LogP contribution is -2.34. The molecular weight excluding hydrogens is 633 g/mol. The molecule has 3 aromatic carbocycles. The summed E-state index contributed by atoms with van der Waals surface area (Å²) in [5.41, 5.74) is 4.60. The standard InChI is InChI=1S/C40H46FN5O4/c1-40(2,3)50-36(47)17-21-42-38(48)31-11-9-28(10-12-31)26-44-22-18-30(19-23-44)37-35(25-43-46(37)34-15-13-33(41)14-16-34)39(49)45-24-20-32(27-45)29-7-5-4-6-8-29/h4-16,25,30,32H,17-24,26-27H2,1-3H3,(H,42,48)/t32-/m0/s1. The lowest BCUT2D eigenvalue weighted by Gasteiger charge is -2.33. The highest BCUT2D eigenvalue weighted by Crippen LogP contribution is 2.35. The van der Waals surface area contributed by atoms with Gasteiger partial charge in [0.1, 0.15) is 11.4 Å². The summed E-state index contributed by atoms with van der Waals surface area (Å²) in [7, 11) is 0. The lowest BCUT2D eigenvalue weighted by molar-refractivity contribution is -0.154. The third-order valence-electron chi connectivity index (χ3n) is 9.49. The first kappa shape index (κ1) is 35.0. The Morgan fingerprint density at radius 2 is 1.56 bits per heavy atom. The molecule has 1 N–H and O–H groups in total. The molecule has 2 amide bonds. The third-order valence-corrected chi connectivity index (χ3v) is 9.49. The molecule has 3 heterocycles. The van der Waals surface area contributed by atoms with E-state index in [-0.39, 0.29) is 42.5 Å². The molecule has 2 aliphatic rings. The van der Waals surface area contributed by atoms with E-state index < -0.39 is 5.60 Å². The van der Waals surface area contributed by atoms with E-state index in [1.54, 1.807) is 18.3 Å². The van der Waals surface area contributed by atoms with Crippen molar-refractivity contribution >= 4 is 17.8 Å². The van der Waals surface area contributed by atoms with Crippen molar-refractivity contribution in [2.75, 3.05) is 32.7 Å². The minimum Gasteiger partial charge on any atom is -0.460 e. The van der Waals surface area contributed by atoms with E-state index in [9.17, 15) is 18.8 Å². The number of ether oxygens (including phenoxy) is 1. The highest BCUT2D eigenvalue weighted by atomic mass is 19.1. The van der Waals surface area contributed by atoms with Gasteiger partial charge in [-0.15, -0.1) is 0 Å². The van der Waals surface area contributed by atoms with Crippen molar-refractivity contribution in [2.45, 2.75) is 70.4 Å². The summed E-state index contributed by atoms with van der Waals surface area (Å²) in [6, 6.07) is 24.2. The zero-order chi connectivity index (χ0) is 35.3. The van der Waals surface area contributed by atoms with Gasteiger partial charge >= 0.3 is 5.97 Å². The Balaban J connectivity index is 1.08. The number of esters is 1. The summed E-state index contributed by atoms with van der Waals surface area (Å²) in [6.07, 6.45) is 4.42. The van der Waals surface area contributed by atoms with E-state index in [4.69, 9.17) is 4.74 Å². The van der Waals surface area contributed by atoms with Crippen LogP contribution in [0.4, 0.5) is 4.39 Å². The summed E-state index contributed by atoms with van der Waals surface area (Å²) in [6.45, 7) is 9.43. The molecule has 0 radical (unpaired) electrons. The number of hydrogen-bond acceptors (Lipinski definition) is 6. The van der Waals surface area contributed by atoms with E-state index in [0.29, 0.717) is 30.1 Å². The molecule has 4 aromatic rings. The minimum atomic E-state index is -0.554. The lowest BCUT2D eigenvalue weighted by atomic mass is 9.90. The second kappa shape index (κ2) is 15.4. The molecule has 6 rings (SSSR count). The molecule has 0 saturated carbocycles. The fourth-order valence-electron chi connectivity index (χ4n) is 6.97. The normalized spacial score (nSPS) is 17.1. The number of nitrogens with one attached hydrogen (secondary N) is 1. The van der Waals surface area contributed by atoms with Gasteiger partial charge in [-0.1, -0.05) is 42.5 Å². The Morgan fingerprint density at radius 1 is 0.880 bits per heavy atom. The number of halogens is 1. The number of likely N-dealkylation sites (tertiary alicyclic amines) is 2. The summed E-state index contributed by atoms with van der Waals surface area (Å²) in [4.78, 5) is 43.0. The van der Waals surface area contributed by atoms with Gasteiger partial charge in [-0.05, 0) is 101 Å². The zero-order valence-corrected chi connectivity index (χ0v) is 29.1. The second-order valence-corrected chi connectivity index (χ2v) is 14.3. The van der Waals surface area contributed by atoms with Crippen molar-refractivity contribution in [3.63, 3.8) is 0 Å². The Kier molecular flexibility index (Phi) is 10.8. The van der Waals surface area contributed by atoms with E-state index in [1.165, 1.54) is 17.7 Å². The van der Waals surface area contributed by atoms with Gasteiger partial charge in [0.05, 0.1) is 29.6 Å². The molecule has 1 aromatic heterocycles. The number of piperidine rings is 1. The van der Waals surface area contributed by atoms with E-state index in [1.807, 2.05) is 72.8 Å². The molecule has 9 nitrogen and oxygen atoms in total. The number of nitrogens with zero attached hydrogens (tertiary/aromatic N) is 4. The summed E-state index contributed by atoms with van der Waals surface area (Å²) in [5, 5.41) is 7.48. The van der Waals surface area contributed by atoms with Gasteiger partial charge in [-0.25, -0.2) is 9.07 Å². The van der Waals surface area contributed by atoms with Crippen molar-refractivity contribution in [1.29, 1.82) is 0 Å². The molecule has 2 fully saturated rings. The van der Waals surface area contributed by atoms with E-state index in [2.05, 4.69) is 27.4 Å². The number of aromatic nitrogens is 2. The zero-order valence-electron chi connectivity index (χ0n) is 29.1. The van der Waals surface area contributed by atoms with Crippen molar-refractivity contribution in [3.05, 3.63) is 119 Å². The van der Waals surface area contributed by atoms with Crippen LogP contribution >= 0.6 is 0 Å². The molecule has 0 unspecified atom stereocenters. The molecule has 50 heavy (non-hydrogen) atoms. The van der Waals surface area contributed by atoms with Crippen LogP contribution in [0.3, 0.4) is 0 Å². The number of rotatable bonds is 10. The third kappa shape index (κ3) is 8.66. The number of benzene rings is 3. The molecule has 2 aliphatic heterocycles. The van der Waals surface area contributed by atoms with Crippen LogP contribution in [0, 0.1) is 5.82 Å². The molecule has 1 atom stereocenters. The summed E-state index contributed by atoms with van der Waals surface area (Å²) < 4.78 is 21.0. The SMILES string of the molecule is CC(C)(C)OC(=O)CCNC(=O)c1ccc(CN2CCC(c3c(C(=O)N4CC[C@H](c5ccccc5)C4)cnn3-c3ccc(F)cc3)CC2)cc1. The molecule has 0 aliphatic carbocycles. The molecule has 10 heteroatoms. The first-order valence-electron chi connectivity index (χ1n) is 17.5. The largest absolute Gasteiger partial charge is 0.460 e. The van der Waals surface area contributed by atoms with Crippen LogP contribution in [0.25, 0.3) is 5.69 Å². The Hall–Kier alpha value is -4.83. The smallest absolute Gasteiger partial charge is 0.308 e. The van der Waals surface area contributed by atoms with Gasteiger partial charge in [-0.3, -0.25) is 19.3 Å². The van der Waals surface area contributed by atoms with Gasteiger partial charge in [-0.2, -0.15) is 5.10 Å². The Labute approximate surface area is 293 Å². The number of carbonyl (C=O) groups is 3. The van der Waals surface area contributed by atoms with Crippen LogP contribution < -0.4 is 5.32 Å². The summed E-state index contributed by atoms with van der Waals surface area (Å²) in [5.74, 6) is -0.466. The van der Waals surface area contributed by atoms with Crippen LogP contribution in [-0.2, 0) is 16.1 Å².